The zero-order chi connectivity index (χ0) is 19.1. The van der Waals surface area contributed by atoms with Crippen LogP contribution in [0.15, 0.2) is 44.4 Å². The van der Waals surface area contributed by atoms with Crippen molar-refractivity contribution in [3.8, 4) is 5.75 Å². The number of nitrogens with zero attached hydrogens (tertiary/aromatic N) is 1. The highest BCUT2D eigenvalue weighted by Crippen LogP contribution is 2.31. The Bertz CT molecular complexity index is 1150. The summed E-state index contributed by atoms with van der Waals surface area (Å²) in [6, 6.07) is 7.58. The molecule has 9 heteroatoms. The van der Waals surface area contributed by atoms with Crippen LogP contribution in [0.1, 0.15) is 12.5 Å². The number of fused-ring (bicyclic) bond motifs is 1. The maximum absolute atomic E-state index is 12.9. The smallest absolute Gasteiger partial charge is 0.419 e. The lowest BCUT2D eigenvalue weighted by Crippen LogP contribution is -2.15. The molecule has 0 unspecified atom stereocenters. The fourth-order valence-corrected chi connectivity index (χ4v) is 4.22. The van der Waals surface area contributed by atoms with Crippen LogP contribution in [0.2, 0.25) is 5.02 Å². The molecule has 0 bridgehead atoms. The molecule has 0 amide bonds. The van der Waals surface area contributed by atoms with Gasteiger partial charge in [0, 0.05) is 17.6 Å². The molecule has 0 saturated carbocycles. The van der Waals surface area contributed by atoms with E-state index in [-0.39, 0.29) is 16.2 Å². The molecule has 7 nitrogen and oxygen atoms in total. The van der Waals surface area contributed by atoms with E-state index in [0.29, 0.717) is 28.4 Å². The molecule has 1 N–H and O–H groups in total. The molecule has 0 fully saturated rings. The van der Waals surface area contributed by atoms with Crippen molar-refractivity contribution in [3.05, 3.63) is 51.5 Å². The summed E-state index contributed by atoms with van der Waals surface area (Å²) >= 11 is 5.95. The van der Waals surface area contributed by atoms with Crippen LogP contribution in [-0.4, -0.2) is 20.1 Å². The molecule has 0 aliphatic carbocycles. The van der Waals surface area contributed by atoms with Crippen molar-refractivity contribution >= 4 is 38.4 Å². The van der Waals surface area contributed by atoms with Crippen molar-refractivity contribution in [2.75, 3.05) is 11.8 Å². The fourth-order valence-electron chi connectivity index (χ4n) is 2.74. The highest BCUT2D eigenvalue weighted by atomic mass is 35.5. The number of methoxy groups -OCH3 is 1. The number of ether oxygens (including phenoxy) is 1. The molecular formula is C17H17ClN2O5S. The molecule has 1 aromatic heterocycles. The summed E-state index contributed by atoms with van der Waals surface area (Å²) in [5, 5.41) is 0.363. The van der Waals surface area contributed by atoms with E-state index in [2.05, 4.69) is 4.72 Å². The summed E-state index contributed by atoms with van der Waals surface area (Å²) < 4.78 is 40.0. The largest absolute Gasteiger partial charge is 0.495 e. The van der Waals surface area contributed by atoms with Gasteiger partial charge in [0.1, 0.15) is 5.75 Å². The Balaban J connectivity index is 2.12. The first-order valence-electron chi connectivity index (χ1n) is 7.77. The Kier molecular flexibility index (Phi) is 4.72. The van der Waals surface area contributed by atoms with E-state index < -0.39 is 15.8 Å². The molecule has 1 heterocycles. The minimum absolute atomic E-state index is 0.00373. The maximum atomic E-state index is 12.9. The van der Waals surface area contributed by atoms with Crippen molar-refractivity contribution in [1.29, 1.82) is 0 Å². The predicted molar refractivity (Wildman–Crippen MR) is 99.7 cm³/mol. The molecule has 26 heavy (non-hydrogen) atoms. The van der Waals surface area contributed by atoms with E-state index in [9.17, 15) is 13.2 Å². The van der Waals surface area contributed by atoms with E-state index in [1.807, 2.05) is 6.92 Å². The lowest BCUT2D eigenvalue weighted by atomic mass is 10.2. The van der Waals surface area contributed by atoms with Crippen LogP contribution in [0.3, 0.4) is 0 Å². The Labute approximate surface area is 155 Å². The van der Waals surface area contributed by atoms with Crippen molar-refractivity contribution in [2.45, 2.75) is 25.3 Å². The molecule has 138 valence electrons. The van der Waals surface area contributed by atoms with Crippen LogP contribution in [0.5, 0.6) is 5.75 Å². The van der Waals surface area contributed by atoms with E-state index in [0.717, 1.165) is 0 Å². The second-order valence-corrected chi connectivity index (χ2v) is 7.74. The second-order valence-electron chi connectivity index (χ2n) is 5.65. The molecule has 0 aliphatic heterocycles. The molecule has 0 aliphatic rings. The van der Waals surface area contributed by atoms with Gasteiger partial charge in [0.25, 0.3) is 10.0 Å². The first kappa shape index (κ1) is 18.3. The topological polar surface area (TPSA) is 90.5 Å². The van der Waals surface area contributed by atoms with E-state index in [4.69, 9.17) is 20.8 Å². The molecule has 3 aromatic rings. The molecule has 0 atom stereocenters. The van der Waals surface area contributed by atoms with Crippen LogP contribution in [-0.2, 0) is 16.6 Å². The lowest BCUT2D eigenvalue weighted by molar-refractivity contribution is 0.417. The molecule has 0 radical (unpaired) electrons. The van der Waals surface area contributed by atoms with Gasteiger partial charge in [-0.25, -0.2) is 13.2 Å². The highest BCUT2D eigenvalue weighted by Gasteiger charge is 2.22. The van der Waals surface area contributed by atoms with Gasteiger partial charge in [-0.1, -0.05) is 11.6 Å². The number of nitrogens with one attached hydrogen (secondary N) is 1. The average molecular weight is 397 g/mol. The summed E-state index contributed by atoms with van der Waals surface area (Å²) in [4.78, 5) is 11.9. The number of oxazole rings is 1. The van der Waals surface area contributed by atoms with Gasteiger partial charge in [-0.3, -0.25) is 9.29 Å². The Morgan fingerprint density at radius 2 is 2.00 bits per heavy atom. The standard InChI is InChI=1S/C17H17ClN2O5S/c1-4-20-13-7-10(2)16(9-15(13)25-17(20)21)26(22,23)19-12-8-11(18)5-6-14(12)24-3/h5-9,19H,4H2,1-3H3. The molecule has 0 spiro atoms. The van der Waals surface area contributed by atoms with Crippen LogP contribution in [0.4, 0.5) is 5.69 Å². The van der Waals surface area contributed by atoms with Crippen molar-refractivity contribution in [2.24, 2.45) is 0 Å². The number of aryl methyl sites for hydroxylation is 2. The van der Waals surface area contributed by atoms with E-state index in [1.54, 1.807) is 25.1 Å². The first-order valence-corrected chi connectivity index (χ1v) is 9.63. The third-order valence-corrected chi connectivity index (χ3v) is 5.72. The third-order valence-electron chi connectivity index (χ3n) is 3.98. The Morgan fingerprint density at radius 3 is 2.65 bits per heavy atom. The van der Waals surface area contributed by atoms with Gasteiger partial charge in [0.15, 0.2) is 5.58 Å². The average Bonchev–Trinajstić information content (AvgIpc) is 2.88. The minimum atomic E-state index is -3.96. The third kappa shape index (κ3) is 3.17. The number of halogens is 1. The van der Waals surface area contributed by atoms with E-state index >= 15 is 0 Å². The maximum Gasteiger partial charge on any atom is 0.419 e. The van der Waals surface area contributed by atoms with Crippen molar-refractivity contribution in [1.82, 2.24) is 4.57 Å². The Morgan fingerprint density at radius 1 is 1.27 bits per heavy atom. The SMILES string of the molecule is CCn1c(=O)oc2cc(S(=O)(=O)Nc3cc(Cl)ccc3OC)c(C)cc21. The van der Waals surface area contributed by atoms with Gasteiger partial charge in [0.05, 0.1) is 23.2 Å². The van der Waals surface area contributed by atoms with E-state index in [1.165, 1.54) is 23.8 Å². The monoisotopic (exact) mass is 396 g/mol. The lowest BCUT2D eigenvalue weighted by Gasteiger charge is -2.13. The van der Waals surface area contributed by atoms with Gasteiger partial charge in [0.2, 0.25) is 0 Å². The van der Waals surface area contributed by atoms with Gasteiger partial charge in [-0.05, 0) is 43.7 Å². The molecule has 3 rings (SSSR count). The quantitative estimate of drug-likeness (QED) is 0.713. The number of anilines is 1. The van der Waals surface area contributed by atoms with Crippen LogP contribution in [0.25, 0.3) is 11.1 Å². The minimum Gasteiger partial charge on any atom is -0.495 e. The Hall–Kier alpha value is -2.45. The molecular weight excluding hydrogens is 380 g/mol. The van der Waals surface area contributed by atoms with Crippen molar-refractivity contribution in [3.63, 3.8) is 0 Å². The zero-order valence-electron chi connectivity index (χ0n) is 14.4. The summed E-state index contributed by atoms with van der Waals surface area (Å²) in [7, 11) is -2.52. The number of hydrogen-bond acceptors (Lipinski definition) is 5. The zero-order valence-corrected chi connectivity index (χ0v) is 15.9. The van der Waals surface area contributed by atoms with Gasteiger partial charge in [-0.15, -0.1) is 0 Å². The highest BCUT2D eigenvalue weighted by molar-refractivity contribution is 7.92. The summed E-state index contributed by atoms with van der Waals surface area (Å²) in [5.41, 5.74) is 1.45. The number of sulfonamides is 1. The number of hydrogen-bond donors (Lipinski definition) is 1. The number of aromatic nitrogens is 1. The number of rotatable bonds is 5. The molecule has 0 saturated heterocycles. The van der Waals surface area contributed by atoms with Gasteiger partial charge < -0.3 is 9.15 Å². The number of benzene rings is 2. The fraction of sp³-hybridized carbons (Fsp3) is 0.235. The van der Waals surface area contributed by atoms with Gasteiger partial charge >= 0.3 is 5.76 Å². The van der Waals surface area contributed by atoms with Gasteiger partial charge in [-0.2, -0.15) is 0 Å². The summed E-state index contributed by atoms with van der Waals surface area (Å²) in [6.45, 7) is 3.89. The van der Waals surface area contributed by atoms with Crippen LogP contribution < -0.4 is 15.2 Å². The normalized spacial score (nSPS) is 11.7. The van der Waals surface area contributed by atoms with Crippen LogP contribution >= 0.6 is 11.6 Å². The predicted octanol–water partition coefficient (Wildman–Crippen LogP) is 3.39. The van der Waals surface area contributed by atoms with Crippen LogP contribution in [0, 0.1) is 6.92 Å². The van der Waals surface area contributed by atoms with Crippen molar-refractivity contribution < 1.29 is 17.6 Å². The first-order chi connectivity index (χ1) is 12.3. The summed E-state index contributed by atoms with van der Waals surface area (Å²) in [6.07, 6.45) is 0. The summed E-state index contributed by atoms with van der Waals surface area (Å²) in [5.74, 6) is -0.193. The molecule has 2 aromatic carbocycles. The second kappa shape index (κ2) is 6.69.